The molecule has 1 unspecified atom stereocenters. The predicted molar refractivity (Wildman–Crippen MR) is 124 cm³/mol. The molecule has 166 valence electrons. The molecule has 2 aliphatic heterocycles. The molecular formula is C24H36BrN3O2. The van der Waals surface area contributed by atoms with E-state index in [-0.39, 0.29) is 6.03 Å². The Kier molecular flexibility index (Phi) is 7.58. The standard InChI is InChI=1S/C24H36BrN3O2/c1-30-22-7-8-23(25)19(16-22)15-18-9-12-27(13-10-18)17-20-11-14-28(24(29)26-20)21-5-3-2-4-6-21/h7-8,16,18,20-21H,2-6,9-15,17H2,1H3,(H,26,29). The van der Waals surface area contributed by atoms with Crippen LogP contribution in [-0.4, -0.2) is 61.2 Å². The number of likely N-dealkylation sites (tertiary alicyclic amines) is 1. The molecule has 1 aromatic carbocycles. The fourth-order valence-corrected chi connectivity index (χ4v) is 5.84. The number of piperidine rings is 1. The number of hydrogen-bond acceptors (Lipinski definition) is 3. The van der Waals surface area contributed by atoms with Gasteiger partial charge in [0, 0.05) is 29.6 Å². The molecule has 1 N–H and O–H groups in total. The SMILES string of the molecule is COc1ccc(Br)c(CC2CCN(CC3CCN(C4CCCCC4)C(=O)N3)CC2)c1. The van der Waals surface area contributed by atoms with Gasteiger partial charge in [-0.15, -0.1) is 0 Å². The molecule has 0 spiro atoms. The highest BCUT2D eigenvalue weighted by molar-refractivity contribution is 9.10. The summed E-state index contributed by atoms with van der Waals surface area (Å²) in [6, 6.07) is 7.21. The Morgan fingerprint density at radius 1 is 1.07 bits per heavy atom. The second-order valence-electron chi connectivity index (χ2n) is 9.33. The fourth-order valence-electron chi connectivity index (χ4n) is 5.43. The zero-order valence-electron chi connectivity index (χ0n) is 18.2. The van der Waals surface area contributed by atoms with Crippen molar-refractivity contribution in [2.75, 3.05) is 33.3 Å². The van der Waals surface area contributed by atoms with Crippen LogP contribution in [0.5, 0.6) is 5.75 Å². The number of hydrogen-bond donors (Lipinski definition) is 1. The number of nitrogens with zero attached hydrogens (tertiary/aromatic N) is 2. The van der Waals surface area contributed by atoms with E-state index in [0.29, 0.717) is 18.0 Å². The molecule has 2 saturated heterocycles. The third-order valence-electron chi connectivity index (χ3n) is 7.27. The van der Waals surface area contributed by atoms with E-state index < -0.39 is 0 Å². The van der Waals surface area contributed by atoms with Gasteiger partial charge in [-0.2, -0.15) is 0 Å². The van der Waals surface area contributed by atoms with Gasteiger partial charge in [0.15, 0.2) is 0 Å². The van der Waals surface area contributed by atoms with Gasteiger partial charge in [-0.3, -0.25) is 0 Å². The normalized spacial score (nSPS) is 24.7. The highest BCUT2D eigenvalue weighted by atomic mass is 79.9. The third-order valence-corrected chi connectivity index (χ3v) is 8.04. The molecule has 0 aromatic heterocycles. The smallest absolute Gasteiger partial charge is 0.317 e. The second-order valence-corrected chi connectivity index (χ2v) is 10.2. The highest BCUT2D eigenvalue weighted by Gasteiger charge is 2.32. The number of methoxy groups -OCH3 is 1. The monoisotopic (exact) mass is 477 g/mol. The van der Waals surface area contributed by atoms with E-state index in [1.165, 1.54) is 55.0 Å². The van der Waals surface area contributed by atoms with Gasteiger partial charge in [0.05, 0.1) is 7.11 Å². The summed E-state index contributed by atoms with van der Waals surface area (Å²) in [6.45, 7) is 4.19. The van der Waals surface area contributed by atoms with Crippen molar-refractivity contribution in [1.82, 2.24) is 15.1 Å². The Balaban J connectivity index is 1.21. The van der Waals surface area contributed by atoms with E-state index >= 15 is 0 Å². The van der Waals surface area contributed by atoms with Crippen LogP contribution in [0.2, 0.25) is 0 Å². The lowest BCUT2D eigenvalue weighted by molar-refractivity contribution is 0.113. The van der Waals surface area contributed by atoms with Gasteiger partial charge >= 0.3 is 6.03 Å². The molecule has 0 radical (unpaired) electrons. The van der Waals surface area contributed by atoms with Crippen molar-refractivity contribution in [3.63, 3.8) is 0 Å². The summed E-state index contributed by atoms with van der Waals surface area (Å²) in [5, 5.41) is 3.31. The number of carbonyl (C=O) groups excluding carboxylic acids is 1. The van der Waals surface area contributed by atoms with E-state index in [1.807, 2.05) is 6.07 Å². The lowest BCUT2D eigenvalue weighted by Gasteiger charge is -2.41. The number of rotatable bonds is 6. The molecule has 3 fully saturated rings. The van der Waals surface area contributed by atoms with Crippen molar-refractivity contribution in [2.45, 2.75) is 69.9 Å². The first-order valence-corrected chi connectivity index (χ1v) is 12.5. The van der Waals surface area contributed by atoms with Gasteiger partial charge < -0.3 is 19.9 Å². The molecule has 2 amide bonds. The Morgan fingerprint density at radius 2 is 1.83 bits per heavy atom. The van der Waals surface area contributed by atoms with Crippen molar-refractivity contribution in [3.8, 4) is 5.75 Å². The minimum absolute atomic E-state index is 0.177. The summed E-state index contributed by atoms with van der Waals surface area (Å²) < 4.78 is 6.57. The average molecular weight is 478 g/mol. The Morgan fingerprint density at radius 3 is 2.53 bits per heavy atom. The molecule has 6 heteroatoms. The van der Waals surface area contributed by atoms with E-state index in [2.05, 4.69) is 43.2 Å². The number of nitrogens with one attached hydrogen (secondary N) is 1. The summed E-state index contributed by atoms with van der Waals surface area (Å²) in [7, 11) is 1.73. The lowest BCUT2D eigenvalue weighted by Crippen LogP contribution is -2.58. The summed E-state index contributed by atoms with van der Waals surface area (Å²) in [4.78, 5) is 17.3. The van der Waals surface area contributed by atoms with Gasteiger partial charge in [-0.25, -0.2) is 4.79 Å². The predicted octanol–water partition coefficient (Wildman–Crippen LogP) is 4.83. The van der Waals surface area contributed by atoms with Crippen molar-refractivity contribution in [3.05, 3.63) is 28.2 Å². The summed E-state index contributed by atoms with van der Waals surface area (Å²) in [5.41, 5.74) is 1.34. The van der Waals surface area contributed by atoms with Crippen LogP contribution in [0.1, 0.15) is 56.9 Å². The lowest BCUT2D eigenvalue weighted by atomic mass is 9.89. The Bertz CT molecular complexity index is 714. The van der Waals surface area contributed by atoms with E-state index in [1.54, 1.807) is 7.11 Å². The van der Waals surface area contributed by atoms with E-state index in [9.17, 15) is 4.79 Å². The molecule has 1 aromatic rings. The molecule has 1 atom stereocenters. The minimum Gasteiger partial charge on any atom is -0.497 e. The second kappa shape index (κ2) is 10.4. The van der Waals surface area contributed by atoms with Crippen molar-refractivity contribution < 1.29 is 9.53 Å². The first-order chi connectivity index (χ1) is 14.6. The van der Waals surface area contributed by atoms with Crippen molar-refractivity contribution >= 4 is 22.0 Å². The van der Waals surface area contributed by atoms with Gasteiger partial charge in [-0.05, 0) is 81.3 Å². The van der Waals surface area contributed by atoms with Crippen LogP contribution in [-0.2, 0) is 6.42 Å². The molecule has 1 aliphatic carbocycles. The van der Waals surface area contributed by atoms with Crippen LogP contribution in [0.4, 0.5) is 4.79 Å². The van der Waals surface area contributed by atoms with Gasteiger partial charge in [0.25, 0.3) is 0 Å². The molecule has 2 heterocycles. The number of amides is 2. The van der Waals surface area contributed by atoms with Crippen LogP contribution in [0.3, 0.4) is 0 Å². The van der Waals surface area contributed by atoms with Crippen LogP contribution in [0, 0.1) is 5.92 Å². The van der Waals surface area contributed by atoms with Crippen LogP contribution in [0.25, 0.3) is 0 Å². The third kappa shape index (κ3) is 5.50. The zero-order chi connectivity index (χ0) is 20.9. The summed E-state index contributed by atoms with van der Waals surface area (Å²) >= 11 is 3.69. The largest absolute Gasteiger partial charge is 0.497 e. The Labute approximate surface area is 189 Å². The molecule has 1 saturated carbocycles. The zero-order valence-corrected chi connectivity index (χ0v) is 19.8. The van der Waals surface area contributed by atoms with Gasteiger partial charge in [0.1, 0.15) is 5.75 Å². The highest BCUT2D eigenvalue weighted by Crippen LogP contribution is 2.29. The Hall–Kier alpha value is -1.27. The molecule has 30 heavy (non-hydrogen) atoms. The van der Waals surface area contributed by atoms with Gasteiger partial charge in [0.2, 0.25) is 0 Å². The van der Waals surface area contributed by atoms with Gasteiger partial charge in [-0.1, -0.05) is 35.2 Å². The fraction of sp³-hybridized carbons (Fsp3) is 0.708. The van der Waals surface area contributed by atoms with Crippen molar-refractivity contribution in [2.24, 2.45) is 5.92 Å². The number of halogens is 1. The maximum absolute atomic E-state index is 12.7. The van der Waals surface area contributed by atoms with Crippen molar-refractivity contribution in [1.29, 1.82) is 0 Å². The van der Waals surface area contributed by atoms with E-state index in [0.717, 1.165) is 44.8 Å². The summed E-state index contributed by atoms with van der Waals surface area (Å²) in [6.07, 6.45) is 10.9. The molecule has 4 rings (SSSR count). The van der Waals surface area contributed by atoms with E-state index in [4.69, 9.17) is 4.74 Å². The van der Waals surface area contributed by atoms with Crippen LogP contribution in [0.15, 0.2) is 22.7 Å². The summed E-state index contributed by atoms with van der Waals surface area (Å²) in [5.74, 6) is 1.65. The maximum Gasteiger partial charge on any atom is 0.317 e. The number of urea groups is 1. The first-order valence-electron chi connectivity index (χ1n) is 11.7. The maximum atomic E-state index is 12.7. The number of ether oxygens (including phenoxy) is 1. The molecule has 5 nitrogen and oxygen atoms in total. The minimum atomic E-state index is 0.177. The number of carbonyl (C=O) groups is 1. The first kappa shape index (κ1) is 21.9. The topological polar surface area (TPSA) is 44.8 Å². The average Bonchev–Trinajstić information content (AvgIpc) is 2.77. The quantitative estimate of drug-likeness (QED) is 0.637. The van der Waals surface area contributed by atoms with Crippen LogP contribution < -0.4 is 10.1 Å². The molecular weight excluding hydrogens is 442 g/mol. The number of benzene rings is 1. The molecule has 3 aliphatic rings. The molecule has 0 bridgehead atoms. The van der Waals surface area contributed by atoms with Crippen LogP contribution >= 0.6 is 15.9 Å².